The molecule has 0 saturated heterocycles. The molecule has 0 atom stereocenters. The van der Waals surface area contributed by atoms with Crippen LogP contribution in [0.5, 0.6) is 0 Å². The van der Waals surface area contributed by atoms with Crippen LogP contribution < -0.4 is 5.73 Å². The molecule has 0 radical (unpaired) electrons. The van der Waals surface area contributed by atoms with Gasteiger partial charge in [-0.3, -0.25) is 4.40 Å². The Bertz CT molecular complexity index is 504. The number of nitrogens with two attached hydrogens (primary N) is 1. The Labute approximate surface area is 75.2 Å². The zero-order valence-electron chi connectivity index (χ0n) is 7.15. The van der Waals surface area contributed by atoms with Crippen molar-refractivity contribution in [3.63, 3.8) is 0 Å². The highest BCUT2D eigenvalue weighted by Crippen LogP contribution is 2.15. The molecular weight excluding hydrogens is 164 g/mol. The maximum absolute atomic E-state index is 8.82. The van der Waals surface area contributed by atoms with Crippen molar-refractivity contribution in [3.05, 3.63) is 29.6 Å². The second kappa shape index (κ2) is 2.49. The van der Waals surface area contributed by atoms with Crippen LogP contribution in [0.25, 0.3) is 5.65 Å². The smallest absolute Gasteiger partial charge is 0.142 e. The van der Waals surface area contributed by atoms with E-state index in [2.05, 4.69) is 11.1 Å². The molecule has 2 N–H and O–H groups in total. The van der Waals surface area contributed by atoms with Crippen molar-refractivity contribution in [2.45, 2.75) is 6.92 Å². The predicted octanol–water partition coefficient (Wildman–Crippen LogP) is 1.10. The van der Waals surface area contributed by atoms with Gasteiger partial charge < -0.3 is 5.73 Å². The number of nitriles is 1. The van der Waals surface area contributed by atoms with Crippen LogP contribution in [-0.4, -0.2) is 9.38 Å². The largest absolute Gasteiger partial charge is 0.383 e. The van der Waals surface area contributed by atoms with E-state index in [0.29, 0.717) is 11.5 Å². The van der Waals surface area contributed by atoms with Crippen LogP contribution in [0, 0.1) is 18.3 Å². The molecule has 2 rings (SSSR count). The maximum atomic E-state index is 8.82. The molecule has 2 aromatic rings. The van der Waals surface area contributed by atoms with Crippen LogP contribution in [0.1, 0.15) is 11.3 Å². The first kappa shape index (κ1) is 7.62. The first-order chi connectivity index (χ1) is 6.24. The van der Waals surface area contributed by atoms with E-state index in [4.69, 9.17) is 11.0 Å². The summed E-state index contributed by atoms with van der Waals surface area (Å²) in [5.74, 6) is 0.496. The summed E-state index contributed by atoms with van der Waals surface area (Å²) in [6, 6.07) is 5.66. The van der Waals surface area contributed by atoms with Gasteiger partial charge in [0.1, 0.15) is 23.2 Å². The first-order valence-electron chi connectivity index (χ1n) is 3.86. The van der Waals surface area contributed by atoms with Gasteiger partial charge >= 0.3 is 0 Å². The number of hydrogen-bond donors (Lipinski definition) is 1. The van der Waals surface area contributed by atoms with Crippen molar-refractivity contribution in [1.82, 2.24) is 9.38 Å². The number of aryl methyl sites for hydroxylation is 1. The molecule has 0 aliphatic carbocycles. The number of nitrogen functional groups attached to an aromatic ring is 1. The Morgan fingerprint density at radius 2 is 2.31 bits per heavy atom. The fourth-order valence-corrected chi connectivity index (χ4v) is 1.34. The molecule has 0 amide bonds. The van der Waals surface area contributed by atoms with E-state index in [1.54, 1.807) is 16.7 Å². The molecule has 2 heterocycles. The fourth-order valence-electron chi connectivity index (χ4n) is 1.34. The number of pyridine rings is 1. The minimum atomic E-state index is 0.496. The Balaban J connectivity index is 2.99. The quantitative estimate of drug-likeness (QED) is 0.647. The van der Waals surface area contributed by atoms with Crippen LogP contribution in [0.3, 0.4) is 0 Å². The standard InChI is InChI=1S/C9H8N4/c1-6-2-3-7(4-10)13-8(11)5-12-9(6)13/h2-3,5H,11H2,1H3. The first-order valence-corrected chi connectivity index (χ1v) is 3.86. The van der Waals surface area contributed by atoms with E-state index < -0.39 is 0 Å². The van der Waals surface area contributed by atoms with Crippen molar-refractivity contribution in [2.75, 3.05) is 5.73 Å². The van der Waals surface area contributed by atoms with Crippen LogP contribution in [0.15, 0.2) is 18.3 Å². The fraction of sp³-hybridized carbons (Fsp3) is 0.111. The van der Waals surface area contributed by atoms with Crippen molar-refractivity contribution in [2.24, 2.45) is 0 Å². The third kappa shape index (κ3) is 0.942. The van der Waals surface area contributed by atoms with E-state index >= 15 is 0 Å². The van der Waals surface area contributed by atoms with Gasteiger partial charge in [-0.2, -0.15) is 5.26 Å². The molecule has 0 unspecified atom stereocenters. The summed E-state index contributed by atoms with van der Waals surface area (Å²) in [6.07, 6.45) is 1.56. The lowest BCUT2D eigenvalue weighted by Gasteiger charge is -2.01. The molecule has 64 valence electrons. The molecule has 0 fully saturated rings. The van der Waals surface area contributed by atoms with E-state index in [9.17, 15) is 0 Å². The summed E-state index contributed by atoms with van der Waals surface area (Å²) in [5, 5.41) is 8.82. The summed E-state index contributed by atoms with van der Waals surface area (Å²) in [5.41, 5.74) is 7.94. The van der Waals surface area contributed by atoms with E-state index in [1.807, 2.05) is 13.0 Å². The molecule has 0 aliphatic rings. The third-order valence-electron chi connectivity index (χ3n) is 1.99. The summed E-state index contributed by atoms with van der Waals surface area (Å²) in [7, 11) is 0. The van der Waals surface area contributed by atoms with E-state index in [1.165, 1.54) is 0 Å². The van der Waals surface area contributed by atoms with Crippen LogP contribution >= 0.6 is 0 Å². The van der Waals surface area contributed by atoms with E-state index in [0.717, 1.165) is 11.2 Å². The normalized spacial score (nSPS) is 10.2. The highest BCUT2D eigenvalue weighted by atomic mass is 15.1. The SMILES string of the molecule is Cc1ccc(C#N)n2c(N)cnc12. The number of anilines is 1. The monoisotopic (exact) mass is 172 g/mol. The van der Waals surface area contributed by atoms with Gasteiger partial charge in [-0.05, 0) is 18.6 Å². The topological polar surface area (TPSA) is 67.1 Å². The third-order valence-corrected chi connectivity index (χ3v) is 1.99. The van der Waals surface area contributed by atoms with Crippen LogP contribution in [0.2, 0.25) is 0 Å². The molecule has 2 aromatic heterocycles. The molecule has 4 heteroatoms. The van der Waals surface area contributed by atoms with Gasteiger partial charge in [0.2, 0.25) is 0 Å². The van der Waals surface area contributed by atoms with Gasteiger partial charge in [0, 0.05) is 0 Å². The summed E-state index contributed by atoms with van der Waals surface area (Å²) in [6.45, 7) is 1.93. The number of hydrogen-bond acceptors (Lipinski definition) is 3. The molecule has 0 aliphatic heterocycles. The van der Waals surface area contributed by atoms with Crippen LogP contribution in [0.4, 0.5) is 5.82 Å². The number of aromatic nitrogens is 2. The minimum Gasteiger partial charge on any atom is -0.383 e. The van der Waals surface area contributed by atoms with Gasteiger partial charge in [-0.1, -0.05) is 6.07 Å². The molecule has 13 heavy (non-hydrogen) atoms. The zero-order valence-corrected chi connectivity index (χ0v) is 7.15. The van der Waals surface area contributed by atoms with Crippen LogP contribution in [-0.2, 0) is 0 Å². The lowest BCUT2D eigenvalue weighted by Crippen LogP contribution is -1.98. The van der Waals surface area contributed by atoms with Gasteiger partial charge in [0.05, 0.1) is 6.20 Å². The number of fused-ring (bicyclic) bond motifs is 1. The number of rotatable bonds is 0. The molecule has 4 nitrogen and oxygen atoms in total. The van der Waals surface area contributed by atoms with Crippen molar-refractivity contribution in [1.29, 1.82) is 5.26 Å². The van der Waals surface area contributed by atoms with Crippen molar-refractivity contribution in [3.8, 4) is 6.07 Å². The summed E-state index contributed by atoms with van der Waals surface area (Å²) < 4.78 is 1.65. The average molecular weight is 172 g/mol. The second-order valence-electron chi connectivity index (χ2n) is 2.86. The van der Waals surface area contributed by atoms with Gasteiger partial charge in [-0.25, -0.2) is 4.98 Å². The maximum Gasteiger partial charge on any atom is 0.142 e. The van der Waals surface area contributed by atoms with E-state index in [-0.39, 0.29) is 0 Å². The number of nitrogens with zero attached hydrogens (tertiary/aromatic N) is 3. The summed E-state index contributed by atoms with van der Waals surface area (Å²) >= 11 is 0. The van der Waals surface area contributed by atoms with Gasteiger partial charge in [-0.15, -0.1) is 0 Å². The Morgan fingerprint density at radius 3 is 3.00 bits per heavy atom. The highest BCUT2D eigenvalue weighted by Gasteiger charge is 2.06. The Kier molecular flexibility index (Phi) is 1.46. The molecule has 0 bridgehead atoms. The van der Waals surface area contributed by atoms with Crippen molar-refractivity contribution < 1.29 is 0 Å². The molecular formula is C9H8N4. The molecule has 0 spiro atoms. The second-order valence-corrected chi connectivity index (χ2v) is 2.86. The summed E-state index contributed by atoms with van der Waals surface area (Å²) in [4.78, 5) is 4.11. The molecule has 0 saturated carbocycles. The van der Waals surface area contributed by atoms with Gasteiger partial charge in [0.15, 0.2) is 0 Å². The highest BCUT2D eigenvalue weighted by molar-refractivity contribution is 5.56. The Morgan fingerprint density at radius 1 is 1.54 bits per heavy atom. The predicted molar refractivity (Wildman–Crippen MR) is 49.1 cm³/mol. The lowest BCUT2D eigenvalue weighted by molar-refractivity contribution is 1.13. The molecule has 0 aromatic carbocycles. The minimum absolute atomic E-state index is 0.496. The zero-order chi connectivity index (χ0) is 9.42. The Hall–Kier alpha value is -2.02. The lowest BCUT2D eigenvalue weighted by atomic mass is 10.2. The van der Waals surface area contributed by atoms with Crippen molar-refractivity contribution >= 4 is 11.5 Å². The number of imidazole rings is 1. The average Bonchev–Trinajstić information content (AvgIpc) is 2.51. The van der Waals surface area contributed by atoms with Gasteiger partial charge in [0.25, 0.3) is 0 Å².